The van der Waals surface area contributed by atoms with Gasteiger partial charge >= 0.3 is 5.97 Å². The molecule has 102 valence electrons. The topological polar surface area (TPSA) is 95.3 Å². The van der Waals surface area contributed by atoms with Crippen molar-refractivity contribution in [3.63, 3.8) is 0 Å². The number of aromatic amines is 1. The highest BCUT2D eigenvalue weighted by atomic mass is 79.9. The molecule has 3 aromatic heterocycles. The average molecular weight is 336 g/mol. The van der Waals surface area contributed by atoms with E-state index in [9.17, 15) is 4.79 Å². The van der Waals surface area contributed by atoms with Gasteiger partial charge in [-0.25, -0.2) is 14.3 Å². The van der Waals surface area contributed by atoms with Crippen LogP contribution in [-0.4, -0.2) is 30.7 Å². The summed E-state index contributed by atoms with van der Waals surface area (Å²) < 4.78 is 1.77. The summed E-state index contributed by atoms with van der Waals surface area (Å²) >= 11 is 3.20. The van der Waals surface area contributed by atoms with Crippen LogP contribution in [0.1, 0.15) is 16.2 Å². The zero-order valence-corrected chi connectivity index (χ0v) is 11.8. The number of fused-ring (bicyclic) bond motifs is 1. The second-order valence-corrected chi connectivity index (χ2v) is 4.85. The first-order valence-electron chi connectivity index (χ1n) is 5.80. The largest absolute Gasteiger partial charge is 0.476 e. The third-order valence-electron chi connectivity index (χ3n) is 2.75. The molecule has 0 aliphatic rings. The number of hydrogen-bond acceptors (Lipinski definition) is 4. The van der Waals surface area contributed by atoms with E-state index < -0.39 is 5.97 Å². The molecule has 0 atom stereocenters. The first-order valence-corrected chi connectivity index (χ1v) is 6.59. The molecule has 8 heteroatoms. The van der Waals surface area contributed by atoms with Gasteiger partial charge in [0, 0.05) is 11.9 Å². The number of aromatic nitrogens is 4. The third kappa shape index (κ3) is 2.25. The fourth-order valence-corrected chi connectivity index (χ4v) is 2.32. The van der Waals surface area contributed by atoms with Gasteiger partial charge in [0.05, 0.1) is 6.54 Å². The van der Waals surface area contributed by atoms with Crippen LogP contribution in [-0.2, 0) is 6.54 Å². The van der Waals surface area contributed by atoms with Gasteiger partial charge < -0.3 is 15.4 Å². The summed E-state index contributed by atoms with van der Waals surface area (Å²) in [4.78, 5) is 18.1. The molecule has 0 bridgehead atoms. The lowest BCUT2D eigenvalue weighted by atomic mass is 10.4. The highest BCUT2D eigenvalue weighted by Gasteiger charge is 2.17. The molecule has 3 rings (SSSR count). The van der Waals surface area contributed by atoms with Gasteiger partial charge in [-0.05, 0) is 40.2 Å². The zero-order valence-electron chi connectivity index (χ0n) is 10.2. The van der Waals surface area contributed by atoms with Gasteiger partial charge in [-0.2, -0.15) is 0 Å². The highest BCUT2D eigenvalue weighted by molar-refractivity contribution is 9.10. The molecule has 0 saturated heterocycles. The molecule has 0 amide bonds. The maximum absolute atomic E-state index is 11.0. The van der Waals surface area contributed by atoms with E-state index >= 15 is 0 Å². The van der Waals surface area contributed by atoms with Gasteiger partial charge in [-0.1, -0.05) is 0 Å². The van der Waals surface area contributed by atoms with Crippen LogP contribution < -0.4 is 5.32 Å². The Morgan fingerprint density at radius 1 is 1.45 bits per heavy atom. The van der Waals surface area contributed by atoms with Crippen LogP contribution >= 0.6 is 15.9 Å². The van der Waals surface area contributed by atoms with Crippen molar-refractivity contribution in [2.75, 3.05) is 5.32 Å². The van der Waals surface area contributed by atoms with Crippen molar-refractivity contribution in [3.8, 4) is 0 Å². The Labute approximate surface area is 121 Å². The Balaban J connectivity index is 1.90. The molecule has 3 heterocycles. The van der Waals surface area contributed by atoms with Gasteiger partial charge in [0.1, 0.15) is 10.4 Å². The average Bonchev–Trinajstić information content (AvgIpc) is 3.05. The normalized spacial score (nSPS) is 10.8. The monoisotopic (exact) mass is 335 g/mol. The molecule has 0 saturated carbocycles. The van der Waals surface area contributed by atoms with E-state index in [0.717, 1.165) is 5.69 Å². The molecule has 7 nitrogen and oxygen atoms in total. The van der Waals surface area contributed by atoms with E-state index in [1.807, 2.05) is 18.3 Å². The number of nitrogens with zero attached hydrogens (tertiary/aromatic N) is 3. The van der Waals surface area contributed by atoms with E-state index in [-0.39, 0.29) is 5.69 Å². The van der Waals surface area contributed by atoms with E-state index in [1.54, 1.807) is 12.1 Å². The standard InChI is InChI=1S/C12H10BrN5O2/c13-11-10(12(19)20)16-9-4-3-8(17-18(9)11)15-6-7-2-1-5-14-7/h1-5,14H,6H2,(H,15,17)(H,19,20). The van der Waals surface area contributed by atoms with Crippen LogP contribution in [0.2, 0.25) is 0 Å². The maximum atomic E-state index is 11.0. The van der Waals surface area contributed by atoms with E-state index in [4.69, 9.17) is 5.11 Å². The van der Waals surface area contributed by atoms with Crippen LogP contribution in [0.3, 0.4) is 0 Å². The Morgan fingerprint density at radius 3 is 3.00 bits per heavy atom. The third-order valence-corrected chi connectivity index (χ3v) is 3.46. The lowest BCUT2D eigenvalue weighted by Gasteiger charge is -2.04. The molecule has 0 spiro atoms. The van der Waals surface area contributed by atoms with Crippen molar-refractivity contribution in [2.24, 2.45) is 0 Å². The van der Waals surface area contributed by atoms with Crippen molar-refractivity contribution in [3.05, 3.63) is 46.5 Å². The highest BCUT2D eigenvalue weighted by Crippen LogP contribution is 2.19. The summed E-state index contributed by atoms with van der Waals surface area (Å²) in [6.45, 7) is 0.601. The fraction of sp³-hybridized carbons (Fsp3) is 0.0833. The Kier molecular flexibility index (Phi) is 3.15. The minimum Gasteiger partial charge on any atom is -0.476 e. The lowest BCUT2D eigenvalue weighted by molar-refractivity contribution is 0.0690. The molecule has 20 heavy (non-hydrogen) atoms. The van der Waals surface area contributed by atoms with Gasteiger partial charge in [0.2, 0.25) is 0 Å². The number of carboxylic acid groups (broad SMARTS) is 1. The summed E-state index contributed by atoms with van der Waals surface area (Å²) in [6.07, 6.45) is 1.85. The summed E-state index contributed by atoms with van der Waals surface area (Å²) in [5, 5.41) is 16.5. The fourth-order valence-electron chi connectivity index (χ4n) is 1.80. The first-order chi connectivity index (χ1) is 9.65. The number of halogens is 1. The number of H-pyrrole nitrogens is 1. The van der Waals surface area contributed by atoms with E-state index in [1.165, 1.54) is 4.52 Å². The van der Waals surface area contributed by atoms with Crippen LogP contribution in [0.25, 0.3) is 5.65 Å². The van der Waals surface area contributed by atoms with Gasteiger partial charge in [0.15, 0.2) is 11.3 Å². The zero-order chi connectivity index (χ0) is 14.1. The molecule has 3 aromatic rings. The summed E-state index contributed by atoms with van der Waals surface area (Å²) in [5.41, 5.74) is 1.45. The number of carboxylic acids is 1. The number of aromatic carboxylic acids is 1. The van der Waals surface area contributed by atoms with Crippen LogP contribution in [0.4, 0.5) is 5.82 Å². The lowest BCUT2D eigenvalue weighted by Crippen LogP contribution is -2.04. The molecule has 0 aromatic carbocycles. The molecule has 0 radical (unpaired) electrons. The number of carbonyl (C=O) groups is 1. The molecule has 3 N–H and O–H groups in total. The summed E-state index contributed by atoms with van der Waals surface area (Å²) in [5.74, 6) is -0.467. The maximum Gasteiger partial charge on any atom is 0.357 e. The van der Waals surface area contributed by atoms with Crippen molar-refractivity contribution >= 4 is 33.4 Å². The first kappa shape index (κ1) is 12.7. The summed E-state index contributed by atoms with van der Waals surface area (Å²) in [6, 6.07) is 7.34. The van der Waals surface area contributed by atoms with Gasteiger partial charge in [0.25, 0.3) is 0 Å². The molecule has 0 aliphatic carbocycles. The predicted molar refractivity (Wildman–Crippen MR) is 75.8 cm³/mol. The molecule has 0 unspecified atom stereocenters. The number of nitrogens with one attached hydrogen (secondary N) is 2. The van der Waals surface area contributed by atoms with Crippen molar-refractivity contribution in [2.45, 2.75) is 6.54 Å². The Bertz CT molecular complexity index is 766. The minimum absolute atomic E-state index is 0.0565. The number of anilines is 1. The molecular weight excluding hydrogens is 326 g/mol. The molecular formula is C12H10BrN5O2. The number of imidazole rings is 1. The smallest absolute Gasteiger partial charge is 0.357 e. The van der Waals surface area contributed by atoms with Gasteiger partial charge in [-0.3, -0.25) is 0 Å². The van der Waals surface area contributed by atoms with Crippen molar-refractivity contribution < 1.29 is 9.90 Å². The summed E-state index contributed by atoms with van der Waals surface area (Å²) in [7, 11) is 0. The second kappa shape index (κ2) is 4.97. The van der Waals surface area contributed by atoms with Crippen molar-refractivity contribution in [1.82, 2.24) is 19.6 Å². The number of hydrogen-bond donors (Lipinski definition) is 3. The second-order valence-electron chi connectivity index (χ2n) is 4.09. The van der Waals surface area contributed by atoms with Crippen LogP contribution in [0.5, 0.6) is 0 Å². The molecule has 0 fully saturated rings. The van der Waals surface area contributed by atoms with Gasteiger partial charge in [-0.15, -0.1) is 5.10 Å². The Morgan fingerprint density at radius 2 is 2.30 bits per heavy atom. The number of rotatable bonds is 4. The molecule has 0 aliphatic heterocycles. The van der Waals surface area contributed by atoms with Crippen molar-refractivity contribution in [1.29, 1.82) is 0 Å². The SMILES string of the molecule is O=C(O)c1nc2ccc(NCc3ccc[nH]3)nn2c1Br. The Hall–Kier alpha value is -2.35. The van der Waals surface area contributed by atoms with E-state index in [0.29, 0.717) is 22.6 Å². The van der Waals surface area contributed by atoms with Crippen LogP contribution in [0.15, 0.2) is 35.1 Å². The quantitative estimate of drug-likeness (QED) is 0.678. The predicted octanol–water partition coefficient (Wildman–Crippen LogP) is 2.13. The van der Waals surface area contributed by atoms with Crippen LogP contribution in [0, 0.1) is 0 Å². The minimum atomic E-state index is -1.09. The van der Waals surface area contributed by atoms with E-state index in [2.05, 4.69) is 36.3 Å².